The number of aryl methyl sites for hydroxylation is 2. The van der Waals surface area contributed by atoms with Gasteiger partial charge < -0.3 is 10.5 Å². The highest BCUT2D eigenvalue weighted by Crippen LogP contribution is 2.31. The number of rotatable bonds is 6. The van der Waals surface area contributed by atoms with E-state index in [1.807, 2.05) is 0 Å². The van der Waals surface area contributed by atoms with Gasteiger partial charge in [-0.15, -0.1) is 0 Å². The van der Waals surface area contributed by atoms with Gasteiger partial charge in [-0.1, -0.05) is 19.9 Å². The van der Waals surface area contributed by atoms with Crippen molar-refractivity contribution in [3.8, 4) is 5.75 Å². The van der Waals surface area contributed by atoms with Crippen LogP contribution in [0.3, 0.4) is 0 Å². The van der Waals surface area contributed by atoms with Crippen LogP contribution in [-0.2, 0) is 19.3 Å². The minimum atomic E-state index is 0.244. The molecule has 0 saturated carbocycles. The van der Waals surface area contributed by atoms with E-state index in [4.69, 9.17) is 10.5 Å². The quantitative estimate of drug-likeness (QED) is 0.837. The maximum absolute atomic E-state index is 6.09. The maximum atomic E-state index is 6.09. The second-order valence-electron chi connectivity index (χ2n) is 5.30. The number of fused-ring (bicyclic) bond motifs is 1. The molecule has 1 aliphatic rings. The van der Waals surface area contributed by atoms with Crippen molar-refractivity contribution in [2.45, 2.75) is 58.4 Å². The lowest BCUT2D eigenvalue weighted by atomic mass is 9.99. The fraction of sp³-hybridized carbons (Fsp3) is 0.625. The Morgan fingerprint density at radius 1 is 1.22 bits per heavy atom. The lowest BCUT2D eigenvalue weighted by Gasteiger charge is -2.16. The molecule has 0 aliphatic heterocycles. The molecule has 0 amide bonds. The molecule has 1 aromatic carbocycles. The van der Waals surface area contributed by atoms with Crippen molar-refractivity contribution in [3.63, 3.8) is 0 Å². The third-order valence-corrected chi connectivity index (χ3v) is 3.74. The summed E-state index contributed by atoms with van der Waals surface area (Å²) in [5, 5.41) is 0. The SMILES string of the molecule is CCCOc1cc2c(cc1CC(N)CC)CCC2. The van der Waals surface area contributed by atoms with E-state index in [1.54, 1.807) is 0 Å². The van der Waals surface area contributed by atoms with Crippen molar-refractivity contribution in [1.82, 2.24) is 0 Å². The minimum Gasteiger partial charge on any atom is -0.493 e. The summed E-state index contributed by atoms with van der Waals surface area (Å²) in [4.78, 5) is 0. The molecular formula is C16H25NO. The number of ether oxygens (including phenoxy) is 1. The molecule has 100 valence electrons. The van der Waals surface area contributed by atoms with Gasteiger partial charge in [0.1, 0.15) is 5.75 Å². The van der Waals surface area contributed by atoms with Crippen LogP contribution in [0.2, 0.25) is 0 Å². The first-order valence-electron chi connectivity index (χ1n) is 7.27. The summed E-state index contributed by atoms with van der Waals surface area (Å²) in [7, 11) is 0. The van der Waals surface area contributed by atoms with Gasteiger partial charge in [0.25, 0.3) is 0 Å². The Labute approximate surface area is 111 Å². The molecular weight excluding hydrogens is 222 g/mol. The summed E-state index contributed by atoms with van der Waals surface area (Å²) in [5.74, 6) is 1.07. The Morgan fingerprint density at radius 3 is 2.61 bits per heavy atom. The zero-order valence-corrected chi connectivity index (χ0v) is 11.7. The average molecular weight is 247 g/mol. The molecule has 1 unspecified atom stereocenters. The zero-order chi connectivity index (χ0) is 13.0. The molecule has 1 atom stereocenters. The second kappa shape index (κ2) is 6.24. The molecule has 0 saturated heterocycles. The predicted molar refractivity (Wildman–Crippen MR) is 76.2 cm³/mol. The molecule has 0 fully saturated rings. The van der Waals surface area contributed by atoms with Crippen LogP contribution < -0.4 is 10.5 Å². The molecule has 0 heterocycles. The van der Waals surface area contributed by atoms with E-state index in [1.165, 1.54) is 36.0 Å². The Morgan fingerprint density at radius 2 is 1.94 bits per heavy atom. The average Bonchev–Trinajstić information content (AvgIpc) is 2.82. The number of benzene rings is 1. The lowest BCUT2D eigenvalue weighted by molar-refractivity contribution is 0.313. The standard InChI is InChI=1S/C16H25NO/c1-3-8-18-16-11-13-7-5-6-12(13)9-14(16)10-15(17)4-2/h9,11,15H,3-8,10,17H2,1-2H3. The topological polar surface area (TPSA) is 35.2 Å². The predicted octanol–water partition coefficient (Wildman–Crippen LogP) is 3.24. The molecule has 2 N–H and O–H groups in total. The van der Waals surface area contributed by atoms with E-state index in [0.717, 1.165) is 31.6 Å². The maximum Gasteiger partial charge on any atom is 0.122 e. The van der Waals surface area contributed by atoms with Gasteiger partial charge in [0.2, 0.25) is 0 Å². The van der Waals surface area contributed by atoms with Crippen molar-refractivity contribution in [1.29, 1.82) is 0 Å². The van der Waals surface area contributed by atoms with Crippen LogP contribution >= 0.6 is 0 Å². The van der Waals surface area contributed by atoms with E-state index >= 15 is 0 Å². The molecule has 0 radical (unpaired) electrons. The van der Waals surface area contributed by atoms with Crippen LogP contribution in [0.1, 0.15) is 49.8 Å². The highest BCUT2D eigenvalue weighted by Gasteiger charge is 2.16. The molecule has 2 heteroatoms. The summed E-state index contributed by atoms with van der Waals surface area (Å²) in [6, 6.07) is 4.84. The van der Waals surface area contributed by atoms with E-state index in [9.17, 15) is 0 Å². The Hall–Kier alpha value is -1.02. The van der Waals surface area contributed by atoms with Gasteiger partial charge in [-0.25, -0.2) is 0 Å². The first-order valence-corrected chi connectivity index (χ1v) is 7.27. The largest absolute Gasteiger partial charge is 0.493 e. The number of hydrogen-bond donors (Lipinski definition) is 1. The number of nitrogens with two attached hydrogens (primary N) is 1. The Balaban J connectivity index is 2.23. The fourth-order valence-corrected chi connectivity index (χ4v) is 2.59. The normalized spacial score (nSPS) is 15.5. The minimum absolute atomic E-state index is 0.244. The van der Waals surface area contributed by atoms with Crippen LogP contribution in [0.4, 0.5) is 0 Å². The molecule has 0 bridgehead atoms. The molecule has 2 rings (SSSR count). The van der Waals surface area contributed by atoms with Crippen LogP contribution in [0.25, 0.3) is 0 Å². The molecule has 18 heavy (non-hydrogen) atoms. The smallest absolute Gasteiger partial charge is 0.122 e. The van der Waals surface area contributed by atoms with E-state index in [2.05, 4.69) is 26.0 Å². The summed E-state index contributed by atoms with van der Waals surface area (Å²) in [6.45, 7) is 5.09. The summed E-state index contributed by atoms with van der Waals surface area (Å²) >= 11 is 0. The van der Waals surface area contributed by atoms with Crippen molar-refractivity contribution in [2.75, 3.05) is 6.61 Å². The Kier molecular flexibility index (Phi) is 4.65. The molecule has 0 spiro atoms. The van der Waals surface area contributed by atoms with Gasteiger partial charge in [-0.2, -0.15) is 0 Å². The van der Waals surface area contributed by atoms with Crippen LogP contribution in [0, 0.1) is 0 Å². The first kappa shape index (κ1) is 13.4. The highest BCUT2D eigenvalue weighted by molar-refractivity contribution is 5.45. The van der Waals surface area contributed by atoms with Gasteiger partial charge in [0.05, 0.1) is 6.61 Å². The van der Waals surface area contributed by atoms with E-state index in [0.29, 0.717) is 0 Å². The summed E-state index contributed by atoms with van der Waals surface area (Å²) in [6.07, 6.45) is 6.71. The van der Waals surface area contributed by atoms with Crippen molar-refractivity contribution >= 4 is 0 Å². The molecule has 1 aromatic rings. The molecule has 2 nitrogen and oxygen atoms in total. The molecule has 0 aromatic heterocycles. The molecule has 1 aliphatic carbocycles. The zero-order valence-electron chi connectivity index (χ0n) is 11.7. The third-order valence-electron chi connectivity index (χ3n) is 3.74. The number of hydrogen-bond acceptors (Lipinski definition) is 2. The Bertz CT molecular complexity index is 400. The summed E-state index contributed by atoms with van der Waals surface area (Å²) in [5.41, 5.74) is 10.4. The third kappa shape index (κ3) is 3.05. The highest BCUT2D eigenvalue weighted by atomic mass is 16.5. The van der Waals surface area contributed by atoms with E-state index in [-0.39, 0.29) is 6.04 Å². The van der Waals surface area contributed by atoms with Gasteiger partial charge in [0.15, 0.2) is 0 Å². The van der Waals surface area contributed by atoms with Gasteiger partial charge in [0, 0.05) is 6.04 Å². The monoisotopic (exact) mass is 247 g/mol. The van der Waals surface area contributed by atoms with Crippen LogP contribution in [0.15, 0.2) is 12.1 Å². The van der Waals surface area contributed by atoms with Crippen LogP contribution in [-0.4, -0.2) is 12.6 Å². The van der Waals surface area contributed by atoms with Gasteiger partial charge in [-0.3, -0.25) is 0 Å². The second-order valence-corrected chi connectivity index (χ2v) is 5.30. The van der Waals surface area contributed by atoms with Gasteiger partial charge >= 0.3 is 0 Å². The fourth-order valence-electron chi connectivity index (χ4n) is 2.59. The summed E-state index contributed by atoms with van der Waals surface area (Å²) < 4.78 is 5.90. The van der Waals surface area contributed by atoms with Crippen LogP contribution in [0.5, 0.6) is 5.75 Å². The van der Waals surface area contributed by atoms with Crippen molar-refractivity contribution in [2.24, 2.45) is 5.73 Å². The lowest BCUT2D eigenvalue weighted by Crippen LogP contribution is -2.22. The van der Waals surface area contributed by atoms with Crippen molar-refractivity contribution < 1.29 is 4.74 Å². The van der Waals surface area contributed by atoms with Gasteiger partial charge in [-0.05, 0) is 61.3 Å². The van der Waals surface area contributed by atoms with Crippen molar-refractivity contribution in [3.05, 3.63) is 28.8 Å². The first-order chi connectivity index (χ1) is 8.74. The van der Waals surface area contributed by atoms with E-state index < -0.39 is 0 Å².